The number of amides is 1. The molecule has 1 amide bonds. The Bertz CT molecular complexity index is 1280. The Morgan fingerprint density at radius 2 is 2.00 bits per heavy atom. The van der Waals surface area contributed by atoms with E-state index in [1.54, 1.807) is 12.1 Å². The van der Waals surface area contributed by atoms with Gasteiger partial charge in [-0.05, 0) is 43.2 Å². The van der Waals surface area contributed by atoms with E-state index in [1.807, 2.05) is 44.2 Å². The van der Waals surface area contributed by atoms with Gasteiger partial charge in [-0.3, -0.25) is 9.59 Å². The van der Waals surface area contributed by atoms with Crippen molar-refractivity contribution in [3.63, 3.8) is 0 Å². The van der Waals surface area contributed by atoms with Gasteiger partial charge in [0.15, 0.2) is 5.65 Å². The number of carbonyl (C=O) groups is 1. The first-order chi connectivity index (χ1) is 14.5. The third kappa shape index (κ3) is 3.80. The number of aromatic nitrogens is 4. The first-order valence-corrected chi connectivity index (χ1v) is 9.54. The van der Waals surface area contributed by atoms with Crippen molar-refractivity contribution in [2.45, 2.75) is 20.3 Å². The largest absolute Gasteiger partial charge is 0.493 e. The molecule has 0 fully saturated rings. The summed E-state index contributed by atoms with van der Waals surface area (Å²) in [6.07, 6.45) is 2.98. The van der Waals surface area contributed by atoms with Crippen LogP contribution in [0.2, 0.25) is 0 Å². The monoisotopic (exact) mass is 403 g/mol. The predicted octanol–water partition coefficient (Wildman–Crippen LogP) is 3.13. The molecule has 8 heteroatoms. The second-order valence-corrected chi connectivity index (χ2v) is 6.89. The normalized spacial score (nSPS) is 10.9. The fourth-order valence-corrected chi connectivity index (χ4v) is 3.14. The first-order valence-electron chi connectivity index (χ1n) is 9.54. The van der Waals surface area contributed by atoms with E-state index in [1.165, 1.54) is 17.2 Å². The summed E-state index contributed by atoms with van der Waals surface area (Å²) in [6.45, 7) is 4.28. The zero-order valence-corrected chi connectivity index (χ0v) is 16.7. The first kappa shape index (κ1) is 19.4. The van der Waals surface area contributed by atoms with Crippen LogP contribution in [-0.4, -0.2) is 32.3 Å². The van der Waals surface area contributed by atoms with Crippen molar-refractivity contribution in [2.24, 2.45) is 0 Å². The second kappa shape index (κ2) is 8.20. The van der Waals surface area contributed by atoms with Gasteiger partial charge in [0, 0.05) is 0 Å². The Morgan fingerprint density at radius 3 is 2.87 bits per heavy atom. The van der Waals surface area contributed by atoms with Gasteiger partial charge in [0.25, 0.3) is 5.56 Å². The summed E-state index contributed by atoms with van der Waals surface area (Å²) >= 11 is 0. The van der Waals surface area contributed by atoms with Gasteiger partial charge in [0.05, 0.1) is 36.9 Å². The van der Waals surface area contributed by atoms with Crippen molar-refractivity contribution >= 4 is 22.6 Å². The van der Waals surface area contributed by atoms with Crippen LogP contribution in [0, 0.1) is 13.8 Å². The Balaban J connectivity index is 1.49. The number of nitrogens with zero attached hydrogens (tertiary/aromatic N) is 3. The van der Waals surface area contributed by atoms with Crippen LogP contribution in [0.25, 0.3) is 16.7 Å². The van der Waals surface area contributed by atoms with Gasteiger partial charge in [0.1, 0.15) is 11.1 Å². The minimum atomic E-state index is -0.267. The summed E-state index contributed by atoms with van der Waals surface area (Å²) in [7, 11) is 0. The van der Waals surface area contributed by atoms with Crippen LogP contribution in [0.3, 0.4) is 0 Å². The minimum absolute atomic E-state index is 0.185. The van der Waals surface area contributed by atoms with Crippen LogP contribution in [0.5, 0.6) is 5.75 Å². The van der Waals surface area contributed by atoms with Crippen molar-refractivity contribution in [1.82, 2.24) is 19.7 Å². The quantitative estimate of drug-likeness (QED) is 0.515. The number of H-pyrrole nitrogens is 1. The molecule has 0 aliphatic heterocycles. The van der Waals surface area contributed by atoms with E-state index in [4.69, 9.17) is 4.74 Å². The van der Waals surface area contributed by atoms with Crippen LogP contribution < -0.4 is 15.6 Å². The smallest absolute Gasteiger partial charge is 0.261 e. The lowest BCUT2D eigenvalue weighted by Gasteiger charge is -2.13. The van der Waals surface area contributed by atoms with Crippen molar-refractivity contribution in [2.75, 3.05) is 11.9 Å². The van der Waals surface area contributed by atoms with Crippen LogP contribution in [0.4, 0.5) is 5.69 Å². The molecule has 0 spiro atoms. The van der Waals surface area contributed by atoms with Gasteiger partial charge in [0.2, 0.25) is 5.91 Å². The molecule has 152 valence electrons. The molecule has 2 aromatic heterocycles. The van der Waals surface area contributed by atoms with Gasteiger partial charge >= 0.3 is 0 Å². The maximum Gasteiger partial charge on any atom is 0.261 e. The van der Waals surface area contributed by atoms with Crippen LogP contribution in [0.15, 0.2) is 59.8 Å². The lowest BCUT2D eigenvalue weighted by molar-refractivity contribution is -0.116. The summed E-state index contributed by atoms with van der Waals surface area (Å²) in [4.78, 5) is 31.2. The summed E-state index contributed by atoms with van der Waals surface area (Å²) in [5.41, 5.74) is 3.55. The number of aryl methyl sites for hydroxylation is 1. The Hall–Kier alpha value is -3.94. The summed E-state index contributed by atoms with van der Waals surface area (Å²) in [6, 6.07) is 13.1. The zero-order valence-electron chi connectivity index (χ0n) is 16.7. The second-order valence-electron chi connectivity index (χ2n) is 6.89. The number of hydrogen-bond acceptors (Lipinski definition) is 5. The van der Waals surface area contributed by atoms with E-state index < -0.39 is 0 Å². The predicted molar refractivity (Wildman–Crippen MR) is 114 cm³/mol. The number of para-hydroxylation sites is 2. The number of nitrogens with one attached hydrogen (secondary N) is 2. The topological polar surface area (TPSA) is 102 Å². The van der Waals surface area contributed by atoms with E-state index in [2.05, 4.69) is 20.4 Å². The van der Waals surface area contributed by atoms with Crippen LogP contribution in [0.1, 0.15) is 17.5 Å². The van der Waals surface area contributed by atoms with E-state index in [-0.39, 0.29) is 24.5 Å². The Labute approximate surface area is 172 Å². The maximum absolute atomic E-state index is 12.5. The van der Waals surface area contributed by atoms with E-state index in [0.717, 1.165) is 16.9 Å². The van der Waals surface area contributed by atoms with Gasteiger partial charge in [-0.2, -0.15) is 5.10 Å². The van der Waals surface area contributed by atoms with Crippen LogP contribution >= 0.6 is 0 Å². The maximum atomic E-state index is 12.5. The molecule has 2 aromatic carbocycles. The SMILES string of the molecule is Cc1cccc(OCCC(=O)Nc2ccccc2-n2ncc3c(=O)[nH]cnc32)c1C. The Morgan fingerprint density at radius 1 is 1.17 bits per heavy atom. The van der Waals surface area contributed by atoms with Gasteiger partial charge in [-0.1, -0.05) is 24.3 Å². The highest BCUT2D eigenvalue weighted by Gasteiger charge is 2.14. The molecular formula is C22H21N5O3. The van der Waals surface area contributed by atoms with Gasteiger partial charge < -0.3 is 15.0 Å². The van der Waals surface area contributed by atoms with E-state index in [0.29, 0.717) is 22.4 Å². The molecule has 0 saturated carbocycles. The number of anilines is 1. The van der Waals surface area contributed by atoms with Crippen molar-refractivity contribution < 1.29 is 9.53 Å². The average molecular weight is 403 g/mol. The molecule has 8 nitrogen and oxygen atoms in total. The lowest BCUT2D eigenvalue weighted by Crippen LogP contribution is -2.17. The number of rotatable bonds is 6. The molecule has 0 bridgehead atoms. The van der Waals surface area contributed by atoms with Gasteiger partial charge in [-0.25, -0.2) is 9.67 Å². The molecule has 0 atom stereocenters. The van der Waals surface area contributed by atoms with Crippen molar-refractivity contribution in [1.29, 1.82) is 0 Å². The highest BCUT2D eigenvalue weighted by Crippen LogP contribution is 2.23. The number of benzene rings is 2. The lowest BCUT2D eigenvalue weighted by atomic mass is 10.1. The molecule has 0 radical (unpaired) electrons. The van der Waals surface area contributed by atoms with Crippen molar-refractivity contribution in [3.05, 3.63) is 76.5 Å². The average Bonchev–Trinajstić information content (AvgIpc) is 3.17. The number of ether oxygens (including phenoxy) is 1. The summed E-state index contributed by atoms with van der Waals surface area (Å²) in [5.74, 6) is 0.595. The van der Waals surface area contributed by atoms with Crippen molar-refractivity contribution in [3.8, 4) is 11.4 Å². The minimum Gasteiger partial charge on any atom is -0.493 e. The molecule has 4 rings (SSSR count). The number of aromatic amines is 1. The molecular weight excluding hydrogens is 382 g/mol. The molecule has 30 heavy (non-hydrogen) atoms. The summed E-state index contributed by atoms with van der Waals surface area (Å²) < 4.78 is 7.31. The van der Waals surface area contributed by atoms with Crippen LogP contribution in [-0.2, 0) is 4.79 Å². The highest BCUT2D eigenvalue weighted by atomic mass is 16.5. The fraction of sp³-hybridized carbons (Fsp3) is 0.182. The Kier molecular flexibility index (Phi) is 5.30. The third-order valence-corrected chi connectivity index (χ3v) is 4.92. The molecule has 4 aromatic rings. The zero-order chi connectivity index (χ0) is 21.1. The van der Waals surface area contributed by atoms with E-state index >= 15 is 0 Å². The summed E-state index contributed by atoms with van der Waals surface area (Å²) in [5, 5.41) is 7.54. The molecule has 0 saturated heterocycles. The highest BCUT2D eigenvalue weighted by molar-refractivity contribution is 5.93. The molecule has 0 aliphatic rings. The number of fused-ring (bicyclic) bond motifs is 1. The molecule has 2 N–H and O–H groups in total. The molecule has 0 aliphatic carbocycles. The molecule has 0 unspecified atom stereocenters. The molecule has 2 heterocycles. The standard InChI is InChI=1S/C22H21N5O3/c1-14-6-5-9-19(15(14)2)30-11-10-20(28)26-17-7-3-4-8-18(17)27-21-16(12-25-27)22(29)24-13-23-21/h3-9,12-13H,10-11H2,1-2H3,(H,26,28)(H,23,24,29). The van der Waals surface area contributed by atoms with Gasteiger partial charge in [-0.15, -0.1) is 0 Å². The number of hydrogen-bond donors (Lipinski definition) is 2. The third-order valence-electron chi connectivity index (χ3n) is 4.92. The van der Waals surface area contributed by atoms with E-state index in [9.17, 15) is 9.59 Å². The number of carbonyl (C=O) groups excluding carboxylic acids is 1. The fourth-order valence-electron chi connectivity index (χ4n) is 3.14.